The van der Waals surface area contributed by atoms with Gasteiger partial charge in [0.05, 0.1) is 17.5 Å². The van der Waals surface area contributed by atoms with Gasteiger partial charge in [-0.05, 0) is 24.3 Å². The van der Waals surface area contributed by atoms with Crippen molar-refractivity contribution >= 4 is 6.21 Å². The van der Waals surface area contributed by atoms with Gasteiger partial charge in [-0.1, -0.05) is 23.4 Å². The van der Waals surface area contributed by atoms with E-state index in [2.05, 4.69) is 10.3 Å². The van der Waals surface area contributed by atoms with Gasteiger partial charge in [-0.15, -0.1) is 0 Å². The van der Waals surface area contributed by atoms with Crippen LogP contribution in [0.3, 0.4) is 0 Å². The maximum absolute atomic E-state index is 14.3. The molecule has 0 radical (unpaired) electrons. The molecule has 122 valence electrons. The molecule has 0 aliphatic rings. The Morgan fingerprint density at radius 1 is 1.08 bits per heavy atom. The average Bonchev–Trinajstić information content (AvgIpc) is 2.85. The van der Waals surface area contributed by atoms with E-state index in [4.69, 9.17) is 5.21 Å². The fraction of sp³-hybridized carbons (Fsp3) is 0.0588. The molecule has 5 nitrogen and oxygen atoms in total. The number of aromatic hydroxyl groups is 1. The molecular formula is C17H13F2N3O2. The summed E-state index contributed by atoms with van der Waals surface area (Å²) in [5.41, 5.74) is 0.809. The summed E-state index contributed by atoms with van der Waals surface area (Å²) in [6, 6.07) is 9.70. The minimum absolute atomic E-state index is 0.00418. The van der Waals surface area contributed by atoms with Crippen molar-refractivity contribution in [3.8, 4) is 28.1 Å². The zero-order valence-corrected chi connectivity index (χ0v) is 12.6. The van der Waals surface area contributed by atoms with Gasteiger partial charge < -0.3 is 10.3 Å². The van der Waals surface area contributed by atoms with Gasteiger partial charge in [-0.25, -0.2) is 8.78 Å². The van der Waals surface area contributed by atoms with E-state index < -0.39 is 11.6 Å². The molecule has 7 heteroatoms. The van der Waals surface area contributed by atoms with Crippen LogP contribution in [0.5, 0.6) is 5.75 Å². The molecule has 3 aromatic rings. The summed E-state index contributed by atoms with van der Waals surface area (Å²) < 4.78 is 30.0. The second kappa shape index (κ2) is 6.11. The number of oxime groups is 1. The van der Waals surface area contributed by atoms with Crippen molar-refractivity contribution < 1.29 is 19.1 Å². The zero-order chi connectivity index (χ0) is 17.3. The van der Waals surface area contributed by atoms with Crippen molar-refractivity contribution in [2.75, 3.05) is 0 Å². The van der Waals surface area contributed by atoms with Crippen LogP contribution in [-0.2, 0) is 7.05 Å². The normalized spacial score (nSPS) is 11.3. The van der Waals surface area contributed by atoms with Gasteiger partial charge in [0, 0.05) is 18.2 Å². The Balaban J connectivity index is 2.38. The van der Waals surface area contributed by atoms with Crippen LogP contribution in [-0.4, -0.2) is 26.3 Å². The maximum atomic E-state index is 14.3. The monoisotopic (exact) mass is 329 g/mol. The number of halogens is 2. The lowest BCUT2D eigenvalue weighted by Gasteiger charge is -2.07. The molecule has 1 heterocycles. The Morgan fingerprint density at radius 2 is 1.75 bits per heavy atom. The van der Waals surface area contributed by atoms with Crippen LogP contribution in [0.2, 0.25) is 0 Å². The van der Waals surface area contributed by atoms with Gasteiger partial charge in [0.1, 0.15) is 23.1 Å². The Labute approximate surface area is 136 Å². The number of aromatic nitrogens is 2. The number of phenols is 1. The molecule has 3 rings (SSSR count). The summed E-state index contributed by atoms with van der Waals surface area (Å²) in [5, 5.41) is 25.8. The van der Waals surface area contributed by atoms with Crippen LogP contribution in [0.1, 0.15) is 5.69 Å². The van der Waals surface area contributed by atoms with Gasteiger partial charge in [-0.3, -0.25) is 4.68 Å². The molecule has 2 N–H and O–H groups in total. The highest BCUT2D eigenvalue weighted by Crippen LogP contribution is 2.37. The number of phenolic OH excluding ortho intramolecular Hbond substituents is 1. The number of hydrogen-bond donors (Lipinski definition) is 2. The lowest BCUT2D eigenvalue weighted by atomic mass is 9.98. The molecule has 0 saturated heterocycles. The van der Waals surface area contributed by atoms with Crippen LogP contribution in [0, 0.1) is 11.6 Å². The smallest absolute Gasteiger partial charge is 0.134 e. The second-order valence-corrected chi connectivity index (χ2v) is 5.12. The minimum Gasteiger partial charge on any atom is -0.508 e. The van der Waals surface area contributed by atoms with Gasteiger partial charge in [0.15, 0.2) is 0 Å². The fourth-order valence-corrected chi connectivity index (χ4v) is 2.58. The molecule has 0 fully saturated rings. The first-order valence-electron chi connectivity index (χ1n) is 7.01. The molecule has 0 aliphatic heterocycles. The van der Waals surface area contributed by atoms with Crippen molar-refractivity contribution in [2.45, 2.75) is 0 Å². The quantitative estimate of drug-likeness (QED) is 0.438. The van der Waals surface area contributed by atoms with E-state index in [0.717, 1.165) is 18.3 Å². The Morgan fingerprint density at radius 3 is 2.38 bits per heavy atom. The molecule has 1 aromatic heterocycles. The maximum Gasteiger partial charge on any atom is 0.134 e. The standard InChI is InChI=1S/C17H13F2N3O2/c1-22-14(9-20-24)16(15-12(18)6-3-7-13(15)19)17(21-22)10-4-2-5-11(23)8-10/h2-9,23-24H,1H3. The van der Waals surface area contributed by atoms with Gasteiger partial charge in [0.25, 0.3) is 0 Å². The van der Waals surface area contributed by atoms with Crippen molar-refractivity contribution in [1.82, 2.24) is 9.78 Å². The lowest BCUT2D eigenvalue weighted by Crippen LogP contribution is -1.99. The molecule has 0 aliphatic carbocycles. The second-order valence-electron chi connectivity index (χ2n) is 5.12. The van der Waals surface area contributed by atoms with Crippen LogP contribution < -0.4 is 0 Å². The van der Waals surface area contributed by atoms with E-state index in [1.165, 1.54) is 22.9 Å². The van der Waals surface area contributed by atoms with Crippen LogP contribution in [0.4, 0.5) is 8.78 Å². The van der Waals surface area contributed by atoms with Crippen molar-refractivity contribution in [3.63, 3.8) is 0 Å². The molecule has 0 unspecified atom stereocenters. The van der Waals surface area contributed by atoms with Crippen LogP contribution in [0.15, 0.2) is 47.6 Å². The Hall–Kier alpha value is -3.22. The molecule has 0 amide bonds. The number of benzene rings is 2. The molecule has 0 saturated carbocycles. The molecule has 0 atom stereocenters. The van der Waals surface area contributed by atoms with E-state index >= 15 is 0 Å². The lowest BCUT2D eigenvalue weighted by molar-refractivity contribution is 0.321. The highest BCUT2D eigenvalue weighted by atomic mass is 19.1. The third-order valence-corrected chi connectivity index (χ3v) is 3.60. The van der Waals surface area contributed by atoms with Crippen molar-refractivity contribution in [1.29, 1.82) is 0 Å². The number of aryl methyl sites for hydroxylation is 1. The Bertz CT molecular complexity index is 915. The molecule has 0 bridgehead atoms. The van der Waals surface area contributed by atoms with Crippen molar-refractivity contribution in [3.05, 3.63) is 59.8 Å². The predicted molar refractivity (Wildman–Crippen MR) is 85.0 cm³/mol. The first kappa shape index (κ1) is 15.7. The summed E-state index contributed by atoms with van der Waals surface area (Å²) >= 11 is 0. The number of hydrogen-bond acceptors (Lipinski definition) is 4. The van der Waals surface area contributed by atoms with Crippen molar-refractivity contribution in [2.24, 2.45) is 12.2 Å². The Kier molecular flexibility index (Phi) is 3.99. The first-order chi connectivity index (χ1) is 11.5. The van der Waals surface area contributed by atoms with E-state index in [0.29, 0.717) is 5.56 Å². The highest BCUT2D eigenvalue weighted by molar-refractivity contribution is 5.95. The largest absolute Gasteiger partial charge is 0.508 e. The topological polar surface area (TPSA) is 70.6 Å². The first-order valence-corrected chi connectivity index (χ1v) is 7.01. The summed E-state index contributed by atoms with van der Waals surface area (Å²) in [7, 11) is 1.56. The number of nitrogens with zero attached hydrogens (tertiary/aromatic N) is 3. The summed E-state index contributed by atoms with van der Waals surface area (Å²) in [6.07, 6.45) is 1.06. The van der Waals surface area contributed by atoms with E-state index in [1.807, 2.05) is 0 Å². The van der Waals surface area contributed by atoms with Crippen LogP contribution >= 0.6 is 0 Å². The summed E-state index contributed by atoms with van der Waals surface area (Å²) in [6.45, 7) is 0. The van der Waals surface area contributed by atoms with Gasteiger partial charge >= 0.3 is 0 Å². The van der Waals surface area contributed by atoms with E-state index in [9.17, 15) is 13.9 Å². The summed E-state index contributed by atoms with van der Waals surface area (Å²) in [5.74, 6) is -1.54. The molecule has 0 spiro atoms. The summed E-state index contributed by atoms with van der Waals surface area (Å²) in [4.78, 5) is 0. The molecule has 2 aromatic carbocycles. The highest BCUT2D eigenvalue weighted by Gasteiger charge is 2.24. The molecule has 24 heavy (non-hydrogen) atoms. The van der Waals surface area contributed by atoms with Gasteiger partial charge in [-0.2, -0.15) is 5.10 Å². The molecular weight excluding hydrogens is 316 g/mol. The van der Waals surface area contributed by atoms with E-state index in [-0.39, 0.29) is 28.3 Å². The average molecular weight is 329 g/mol. The third kappa shape index (κ3) is 2.60. The van der Waals surface area contributed by atoms with Crippen LogP contribution in [0.25, 0.3) is 22.4 Å². The minimum atomic E-state index is -0.767. The predicted octanol–water partition coefficient (Wildman–Crippen LogP) is 3.55. The van der Waals surface area contributed by atoms with E-state index in [1.54, 1.807) is 19.2 Å². The third-order valence-electron chi connectivity index (χ3n) is 3.60. The number of rotatable bonds is 3. The van der Waals surface area contributed by atoms with Gasteiger partial charge in [0.2, 0.25) is 0 Å². The zero-order valence-electron chi connectivity index (χ0n) is 12.6. The SMILES string of the molecule is Cn1nc(-c2cccc(O)c2)c(-c2c(F)cccc2F)c1C=NO. The fourth-order valence-electron chi connectivity index (χ4n) is 2.58.